The third-order valence-corrected chi connectivity index (χ3v) is 1.31. The van der Waals surface area contributed by atoms with Crippen LogP contribution in [0.1, 0.15) is 27.2 Å². The van der Waals surface area contributed by atoms with Gasteiger partial charge in [0, 0.05) is 6.54 Å². The fourth-order valence-corrected chi connectivity index (χ4v) is 1.10. The summed E-state index contributed by atoms with van der Waals surface area (Å²) in [4.78, 5) is 3.84. The van der Waals surface area contributed by atoms with Crippen molar-refractivity contribution in [1.29, 1.82) is 0 Å². The Labute approximate surface area is 58.2 Å². The Kier molecular flexibility index (Phi) is 4.37. The second kappa shape index (κ2) is 4.54. The first-order chi connectivity index (χ1) is 4.16. The molecule has 0 aromatic rings. The zero-order chi connectivity index (χ0) is 7.28. The van der Waals surface area contributed by atoms with E-state index in [0.29, 0.717) is 5.92 Å². The van der Waals surface area contributed by atoms with Crippen molar-refractivity contribution in [3.05, 3.63) is 0 Å². The Morgan fingerprint density at radius 1 is 1.33 bits per heavy atom. The third-order valence-electron chi connectivity index (χ3n) is 1.31. The molecule has 0 amide bonds. The monoisotopic (exact) mass is 127 g/mol. The molecule has 9 heavy (non-hydrogen) atoms. The number of hydrogen-bond acceptors (Lipinski definition) is 1. The Hall–Kier alpha value is -0.330. The van der Waals surface area contributed by atoms with E-state index in [0.717, 1.165) is 12.5 Å². The molecule has 54 valence electrons. The Morgan fingerprint density at radius 3 is 2.22 bits per heavy atom. The molecular formula is C8H17N. The van der Waals surface area contributed by atoms with Crippen molar-refractivity contribution in [3.63, 3.8) is 0 Å². The zero-order valence-corrected chi connectivity index (χ0v) is 6.72. The van der Waals surface area contributed by atoms with Crippen LogP contribution in [0.4, 0.5) is 0 Å². The van der Waals surface area contributed by atoms with Crippen LogP contribution >= 0.6 is 0 Å². The number of rotatable bonds is 4. The molecule has 0 rings (SSSR count). The van der Waals surface area contributed by atoms with E-state index in [2.05, 4.69) is 32.5 Å². The fourth-order valence-electron chi connectivity index (χ4n) is 1.10. The second-order valence-electron chi connectivity index (χ2n) is 3.14. The molecule has 1 atom stereocenters. The highest BCUT2D eigenvalue weighted by Crippen LogP contribution is 2.10. The molecular weight excluding hydrogens is 110 g/mol. The summed E-state index contributed by atoms with van der Waals surface area (Å²) in [5.41, 5.74) is 0. The van der Waals surface area contributed by atoms with Gasteiger partial charge in [-0.1, -0.05) is 20.8 Å². The summed E-state index contributed by atoms with van der Waals surface area (Å²) >= 11 is 0. The molecule has 0 spiro atoms. The Morgan fingerprint density at radius 2 is 1.89 bits per heavy atom. The second-order valence-corrected chi connectivity index (χ2v) is 3.14. The van der Waals surface area contributed by atoms with E-state index in [1.54, 1.807) is 0 Å². The summed E-state index contributed by atoms with van der Waals surface area (Å²) in [7, 11) is 0. The van der Waals surface area contributed by atoms with Crippen LogP contribution in [0.25, 0.3) is 0 Å². The van der Waals surface area contributed by atoms with Gasteiger partial charge < -0.3 is 4.99 Å². The molecule has 0 aromatic heterocycles. The van der Waals surface area contributed by atoms with Crippen molar-refractivity contribution in [1.82, 2.24) is 0 Å². The predicted octanol–water partition coefficient (Wildman–Crippen LogP) is 2.37. The summed E-state index contributed by atoms with van der Waals surface area (Å²) in [6.07, 6.45) is 1.26. The molecule has 0 N–H and O–H groups in total. The van der Waals surface area contributed by atoms with Gasteiger partial charge in [0.05, 0.1) is 0 Å². The molecule has 0 aliphatic carbocycles. The quantitative estimate of drug-likeness (QED) is 0.514. The number of hydrogen-bond donors (Lipinski definition) is 0. The molecule has 0 aliphatic heterocycles. The van der Waals surface area contributed by atoms with Gasteiger partial charge in [-0.05, 0) is 25.0 Å². The average Bonchev–Trinajstić information content (AvgIpc) is 1.63. The summed E-state index contributed by atoms with van der Waals surface area (Å²) in [6.45, 7) is 11.1. The molecule has 0 saturated carbocycles. The Bertz CT molecular complexity index is 76.6. The highest BCUT2D eigenvalue weighted by atomic mass is 14.7. The number of aliphatic imine (C=N–C) groups is 1. The molecule has 0 saturated heterocycles. The van der Waals surface area contributed by atoms with Crippen molar-refractivity contribution in [3.8, 4) is 0 Å². The van der Waals surface area contributed by atoms with Crippen LogP contribution in [0.2, 0.25) is 0 Å². The fraction of sp³-hybridized carbons (Fsp3) is 0.875. The molecule has 0 unspecified atom stereocenters. The van der Waals surface area contributed by atoms with E-state index >= 15 is 0 Å². The maximum Gasteiger partial charge on any atom is 0.0407 e. The predicted molar refractivity (Wildman–Crippen MR) is 43.0 cm³/mol. The molecule has 0 fully saturated rings. The SMILES string of the molecule is C=NC[C@@H](C)CC(C)C. The lowest BCUT2D eigenvalue weighted by molar-refractivity contribution is 0.448. The highest BCUT2D eigenvalue weighted by Gasteiger charge is 2.01. The molecule has 0 radical (unpaired) electrons. The van der Waals surface area contributed by atoms with Crippen molar-refractivity contribution >= 4 is 6.72 Å². The zero-order valence-electron chi connectivity index (χ0n) is 6.72. The smallest absolute Gasteiger partial charge is 0.0407 e. The van der Waals surface area contributed by atoms with Gasteiger partial charge in [0.1, 0.15) is 0 Å². The van der Waals surface area contributed by atoms with Crippen LogP contribution in [0.5, 0.6) is 0 Å². The van der Waals surface area contributed by atoms with Gasteiger partial charge in [0.2, 0.25) is 0 Å². The lowest BCUT2D eigenvalue weighted by Crippen LogP contribution is -2.02. The van der Waals surface area contributed by atoms with Crippen LogP contribution in [0.15, 0.2) is 4.99 Å². The summed E-state index contributed by atoms with van der Waals surface area (Å²) < 4.78 is 0. The minimum atomic E-state index is 0.711. The first-order valence-electron chi connectivity index (χ1n) is 3.59. The molecule has 0 bridgehead atoms. The van der Waals surface area contributed by atoms with E-state index in [1.165, 1.54) is 6.42 Å². The third kappa shape index (κ3) is 5.54. The van der Waals surface area contributed by atoms with Gasteiger partial charge in [0.15, 0.2) is 0 Å². The normalized spacial score (nSPS) is 13.8. The van der Waals surface area contributed by atoms with Crippen LogP contribution in [0.3, 0.4) is 0 Å². The van der Waals surface area contributed by atoms with E-state index < -0.39 is 0 Å². The largest absolute Gasteiger partial charge is 0.301 e. The van der Waals surface area contributed by atoms with Crippen molar-refractivity contribution in [2.24, 2.45) is 16.8 Å². The molecule has 0 aliphatic rings. The van der Waals surface area contributed by atoms with Crippen molar-refractivity contribution in [2.75, 3.05) is 6.54 Å². The summed E-state index contributed by atoms with van der Waals surface area (Å²) in [6, 6.07) is 0. The molecule has 0 heterocycles. The topological polar surface area (TPSA) is 12.4 Å². The average molecular weight is 127 g/mol. The van der Waals surface area contributed by atoms with Crippen LogP contribution in [-0.4, -0.2) is 13.3 Å². The van der Waals surface area contributed by atoms with Gasteiger partial charge in [0.25, 0.3) is 0 Å². The minimum Gasteiger partial charge on any atom is -0.301 e. The summed E-state index contributed by atoms with van der Waals surface area (Å²) in [5, 5.41) is 0. The molecule has 1 nitrogen and oxygen atoms in total. The van der Waals surface area contributed by atoms with Crippen LogP contribution < -0.4 is 0 Å². The number of nitrogens with zero attached hydrogens (tertiary/aromatic N) is 1. The van der Waals surface area contributed by atoms with Crippen molar-refractivity contribution < 1.29 is 0 Å². The van der Waals surface area contributed by atoms with Gasteiger partial charge in [-0.15, -0.1) is 0 Å². The molecule has 0 aromatic carbocycles. The van der Waals surface area contributed by atoms with Gasteiger partial charge >= 0.3 is 0 Å². The van der Waals surface area contributed by atoms with Crippen LogP contribution in [0, 0.1) is 11.8 Å². The van der Waals surface area contributed by atoms with Crippen LogP contribution in [-0.2, 0) is 0 Å². The first kappa shape index (κ1) is 8.67. The lowest BCUT2D eigenvalue weighted by atomic mass is 9.99. The van der Waals surface area contributed by atoms with Crippen molar-refractivity contribution in [2.45, 2.75) is 27.2 Å². The maximum absolute atomic E-state index is 3.84. The van der Waals surface area contributed by atoms with E-state index in [-0.39, 0.29) is 0 Å². The van der Waals surface area contributed by atoms with E-state index in [4.69, 9.17) is 0 Å². The standard InChI is InChI=1S/C8H17N/c1-7(2)5-8(3)6-9-4/h7-8H,4-6H2,1-3H3/t8-/m0/s1. The minimum absolute atomic E-state index is 0.711. The maximum atomic E-state index is 3.84. The molecule has 1 heteroatoms. The Balaban J connectivity index is 3.25. The first-order valence-corrected chi connectivity index (χ1v) is 3.59. The van der Waals surface area contributed by atoms with E-state index in [1.807, 2.05) is 0 Å². The van der Waals surface area contributed by atoms with Gasteiger partial charge in [-0.2, -0.15) is 0 Å². The highest BCUT2D eigenvalue weighted by molar-refractivity contribution is 5.23. The summed E-state index contributed by atoms with van der Waals surface area (Å²) in [5.74, 6) is 1.50. The van der Waals surface area contributed by atoms with E-state index in [9.17, 15) is 0 Å². The lowest BCUT2D eigenvalue weighted by Gasteiger charge is -2.09. The van der Waals surface area contributed by atoms with Gasteiger partial charge in [-0.3, -0.25) is 0 Å². The van der Waals surface area contributed by atoms with Gasteiger partial charge in [-0.25, -0.2) is 0 Å².